The Bertz CT molecular complexity index is 960. The number of hydrogen-bond acceptors (Lipinski definition) is 4. The van der Waals surface area contributed by atoms with Crippen molar-refractivity contribution in [2.45, 2.75) is 53.0 Å². The summed E-state index contributed by atoms with van der Waals surface area (Å²) in [5, 5.41) is 9.29. The number of rotatable bonds is 6. The minimum absolute atomic E-state index is 0.176. The predicted molar refractivity (Wildman–Crippen MR) is 109 cm³/mol. The Morgan fingerprint density at radius 3 is 2.48 bits per heavy atom. The van der Waals surface area contributed by atoms with E-state index in [1.165, 1.54) is 0 Å². The monoisotopic (exact) mass is 367 g/mol. The molecule has 144 valence electrons. The molecule has 3 aromatic rings. The second kappa shape index (κ2) is 7.69. The van der Waals surface area contributed by atoms with Crippen LogP contribution in [0.2, 0.25) is 0 Å². The second-order valence-electron chi connectivity index (χ2n) is 7.55. The van der Waals surface area contributed by atoms with Gasteiger partial charge in [-0.15, -0.1) is 0 Å². The fourth-order valence-electron chi connectivity index (χ4n) is 3.50. The van der Waals surface area contributed by atoms with Gasteiger partial charge in [0.2, 0.25) is 5.88 Å². The van der Waals surface area contributed by atoms with E-state index in [2.05, 4.69) is 68.6 Å². The summed E-state index contributed by atoms with van der Waals surface area (Å²) in [7, 11) is 1.65. The lowest BCUT2D eigenvalue weighted by Gasteiger charge is -2.15. The predicted octanol–water partition coefficient (Wildman–Crippen LogP) is 4.79. The maximum Gasteiger partial charge on any atom is 0.222 e. The van der Waals surface area contributed by atoms with Gasteiger partial charge in [0.1, 0.15) is 0 Å². The molecule has 1 atom stereocenters. The van der Waals surface area contributed by atoms with Gasteiger partial charge >= 0.3 is 0 Å². The normalized spacial score (nSPS) is 12.7. The molecule has 0 radical (unpaired) electrons. The number of aliphatic hydroxyl groups excluding tert-OH is 1. The first-order chi connectivity index (χ1) is 12.9. The van der Waals surface area contributed by atoms with Crippen molar-refractivity contribution in [3.8, 4) is 17.1 Å². The number of aliphatic hydroxyl groups is 1. The van der Waals surface area contributed by atoms with Crippen LogP contribution in [-0.2, 0) is 0 Å². The van der Waals surface area contributed by atoms with Gasteiger partial charge in [0.25, 0.3) is 0 Å². The van der Waals surface area contributed by atoms with Crippen LogP contribution in [0, 0.1) is 13.8 Å². The van der Waals surface area contributed by atoms with E-state index in [1.54, 1.807) is 7.11 Å². The van der Waals surface area contributed by atoms with Gasteiger partial charge in [-0.2, -0.15) is 0 Å². The molecule has 0 saturated heterocycles. The summed E-state index contributed by atoms with van der Waals surface area (Å²) >= 11 is 0. The zero-order chi connectivity index (χ0) is 19.7. The number of fused-ring (bicyclic) bond motifs is 1. The molecule has 0 fully saturated rings. The van der Waals surface area contributed by atoms with Crippen LogP contribution in [0.5, 0.6) is 5.88 Å². The Labute approximate surface area is 161 Å². The minimum Gasteiger partial charge on any atom is -0.480 e. The smallest absolute Gasteiger partial charge is 0.222 e. The van der Waals surface area contributed by atoms with Crippen LogP contribution in [0.1, 0.15) is 56.0 Å². The van der Waals surface area contributed by atoms with Crippen LogP contribution < -0.4 is 4.74 Å². The third-order valence-corrected chi connectivity index (χ3v) is 5.12. The fraction of sp³-hybridized carbons (Fsp3) is 0.455. The first kappa shape index (κ1) is 19.4. The van der Waals surface area contributed by atoms with E-state index >= 15 is 0 Å². The lowest BCUT2D eigenvalue weighted by Crippen LogP contribution is -2.06. The Kier molecular flexibility index (Phi) is 5.51. The SMILES string of the molecule is COc1nc(C(C)C)ccc1-c1nc2c(C)cn([C@@H](C)CCO)c2cc1C. The van der Waals surface area contributed by atoms with E-state index in [9.17, 15) is 5.11 Å². The Morgan fingerprint density at radius 1 is 1.11 bits per heavy atom. The van der Waals surface area contributed by atoms with E-state index in [-0.39, 0.29) is 12.6 Å². The summed E-state index contributed by atoms with van der Waals surface area (Å²) in [6, 6.07) is 6.51. The van der Waals surface area contributed by atoms with Crippen LogP contribution in [-0.4, -0.2) is 33.4 Å². The molecule has 1 N–H and O–H groups in total. The molecule has 0 bridgehead atoms. The van der Waals surface area contributed by atoms with Gasteiger partial charge in [0.05, 0.1) is 29.4 Å². The largest absolute Gasteiger partial charge is 0.480 e. The molecule has 0 spiro atoms. The zero-order valence-corrected chi connectivity index (χ0v) is 17.1. The van der Waals surface area contributed by atoms with Crippen molar-refractivity contribution >= 4 is 11.0 Å². The molecular weight excluding hydrogens is 338 g/mol. The molecule has 0 aromatic carbocycles. The van der Waals surface area contributed by atoms with Gasteiger partial charge in [-0.25, -0.2) is 9.97 Å². The summed E-state index contributed by atoms with van der Waals surface area (Å²) in [6.45, 7) is 10.7. The average molecular weight is 367 g/mol. The van der Waals surface area contributed by atoms with Crippen LogP contribution in [0.25, 0.3) is 22.3 Å². The highest BCUT2D eigenvalue weighted by atomic mass is 16.5. The first-order valence-electron chi connectivity index (χ1n) is 9.52. The number of aromatic nitrogens is 3. The zero-order valence-electron chi connectivity index (χ0n) is 17.1. The van der Waals surface area contributed by atoms with Gasteiger partial charge < -0.3 is 14.4 Å². The van der Waals surface area contributed by atoms with Crippen molar-refractivity contribution in [3.63, 3.8) is 0 Å². The first-order valence-corrected chi connectivity index (χ1v) is 9.52. The molecule has 5 nitrogen and oxygen atoms in total. The standard InChI is InChI=1S/C22H29N3O2/c1-13(2)18-8-7-17(22(23-18)27-6)20-14(3)11-19-21(24-20)15(4)12-25(19)16(5)9-10-26/h7-8,11-13,16,26H,9-10H2,1-6H3/t16-/m0/s1. The lowest BCUT2D eigenvalue weighted by atomic mass is 10.0. The van der Waals surface area contributed by atoms with Crippen molar-refractivity contribution in [2.24, 2.45) is 0 Å². The topological polar surface area (TPSA) is 60.2 Å². The summed E-state index contributed by atoms with van der Waals surface area (Å²) in [5.74, 6) is 0.954. The van der Waals surface area contributed by atoms with Crippen molar-refractivity contribution in [1.29, 1.82) is 0 Å². The van der Waals surface area contributed by atoms with Crippen LogP contribution in [0.3, 0.4) is 0 Å². The summed E-state index contributed by atoms with van der Waals surface area (Å²) < 4.78 is 7.79. The molecule has 3 heterocycles. The van der Waals surface area contributed by atoms with Crippen molar-refractivity contribution in [3.05, 3.63) is 41.2 Å². The van der Waals surface area contributed by atoms with Crippen molar-refractivity contribution < 1.29 is 9.84 Å². The van der Waals surface area contributed by atoms with Crippen LogP contribution >= 0.6 is 0 Å². The number of aryl methyl sites for hydroxylation is 2. The molecule has 3 rings (SSSR count). The molecule has 0 saturated carbocycles. The average Bonchev–Trinajstić information content (AvgIpc) is 2.96. The van der Waals surface area contributed by atoms with E-state index in [0.29, 0.717) is 11.8 Å². The van der Waals surface area contributed by atoms with E-state index in [4.69, 9.17) is 9.72 Å². The fourth-order valence-corrected chi connectivity index (χ4v) is 3.50. The quantitative estimate of drug-likeness (QED) is 0.680. The molecule has 27 heavy (non-hydrogen) atoms. The van der Waals surface area contributed by atoms with E-state index in [0.717, 1.165) is 45.5 Å². The maximum absolute atomic E-state index is 9.29. The maximum atomic E-state index is 9.29. The van der Waals surface area contributed by atoms with Crippen molar-refractivity contribution in [2.75, 3.05) is 13.7 Å². The minimum atomic E-state index is 0.176. The summed E-state index contributed by atoms with van der Waals surface area (Å²) in [4.78, 5) is 9.66. The Balaban J connectivity index is 2.17. The Morgan fingerprint density at radius 2 is 1.85 bits per heavy atom. The van der Waals surface area contributed by atoms with E-state index < -0.39 is 0 Å². The van der Waals surface area contributed by atoms with Gasteiger partial charge in [-0.3, -0.25) is 0 Å². The van der Waals surface area contributed by atoms with Gasteiger partial charge in [-0.05, 0) is 62.4 Å². The molecule has 0 aliphatic heterocycles. The molecule has 5 heteroatoms. The highest BCUT2D eigenvalue weighted by Gasteiger charge is 2.18. The highest BCUT2D eigenvalue weighted by Crippen LogP contribution is 2.34. The summed E-state index contributed by atoms with van der Waals surface area (Å²) in [6.07, 6.45) is 2.84. The third-order valence-electron chi connectivity index (χ3n) is 5.12. The lowest BCUT2D eigenvalue weighted by molar-refractivity contribution is 0.264. The molecule has 3 aromatic heterocycles. The number of pyridine rings is 2. The molecule has 0 aliphatic rings. The number of nitrogens with zero attached hydrogens (tertiary/aromatic N) is 3. The summed E-state index contributed by atoms with van der Waals surface area (Å²) in [5.41, 5.74) is 7.11. The van der Waals surface area contributed by atoms with Gasteiger partial charge in [-0.1, -0.05) is 13.8 Å². The second-order valence-corrected chi connectivity index (χ2v) is 7.55. The van der Waals surface area contributed by atoms with Crippen LogP contribution in [0.15, 0.2) is 24.4 Å². The molecular formula is C22H29N3O2. The molecule has 0 amide bonds. The van der Waals surface area contributed by atoms with E-state index in [1.807, 2.05) is 0 Å². The Hall–Kier alpha value is -2.40. The van der Waals surface area contributed by atoms with Crippen LogP contribution in [0.4, 0.5) is 0 Å². The number of hydrogen-bond donors (Lipinski definition) is 1. The third kappa shape index (κ3) is 3.56. The number of ether oxygens (including phenoxy) is 1. The number of methoxy groups -OCH3 is 1. The van der Waals surface area contributed by atoms with Crippen molar-refractivity contribution in [1.82, 2.24) is 14.5 Å². The highest BCUT2D eigenvalue weighted by molar-refractivity contribution is 5.85. The molecule has 0 unspecified atom stereocenters. The van der Waals surface area contributed by atoms with Gasteiger partial charge in [0.15, 0.2) is 0 Å². The molecule has 0 aliphatic carbocycles. The van der Waals surface area contributed by atoms with Gasteiger partial charge in [0, 0.05) is 24.5 Å².